The van der Waals surface area contributed by atoms with Crippen molar-refractivity contribution in [3.05, 3.63) is 29.3 Å². The minimum Gasteiger partial charge on any atom is -0.496 e. The fourth-order valence-electron chi connectivity index (χ4n) is 3.36. The number of carbonyl (C=O) groups excluding carboxylic acids is 1. The van der Waals surface area contributed by atoms with Crippen LogP contribution in [0.3, 0.4) is 0 Å². The van der Waals surface area contributed by atoms with Crippen LogP contribution in [0.5, 0.6) is 5.75 Å². The molecule has 0 amide bonds. The molecule has 0 radical (unpaired) electrons. The van der Waals surface area contributed by atoms with Gasteiger partial charge in [-0.05, 0) is 43.9 Å². The Morgan fingerprint density at radius 2 is 2.12 bits per heavy atom. The molecule has 1 aliphatic heterocycles. The molecule has 26 heavy (non-hydrogen) atoms. The number of esters is 1. The highest BCUT2D eigenvalue weighted by Gasteiger charge is 2.42. The van der Waals surface area contributed by atoms with E-state index in [2.05, 4.69) is 6.07 Å². The van der Waals surface area contributed by atoms with Gasteiger partial charge in [0.2, 0.25) is 0 Å². The van der Waals surface area contributed by atoms with Gasteiger partial charge < -0.3 is 18.9 Å². The van der Waals surface area contributed by atoms with Crippen LogP contribution in [-0.4, -0.2) is 39.2 Å². The van der Waals surface area contributed by atoms with E-state index in [1.54, 1.807) is 14.0 Å². The van der Waals surface area contributed by atoms with Crippen molar-refractivity contribution < 1.29 is 23.7 Å². The molecule has 1 aliphatic rings. The van der Waals surface area contributed by atoms with Crippen LogP contribution in [-0.2, 0) is 24.4 Å². The zero-order chi connectivity index (χ0) is 19.2. The summed E-state index contributed by atoms with van der Waals surface area (Å²) in [6.45, 7) is 6.99. The van der Waals surface area contributed by atoms with Crippen LogP contribution in [0.15, 0.2) is 18.2 Å². The first-order chi connectivity index (χ1) is 12.5. The summed E-state index contributed by atoms with van der Waals surface area (Å²) < 4.78 is 21.5. The summed E-state index contributed by atoms with van der Waals surface area (Å²) in [5.41, 5.74) is 1.12. The number of nitriles is 1. The minimum atomic E-state index is -0.920. The Balaban J connectivity index is 2.37. The lowest BCUT2D eigenvalue weighted by molar-refractivity contribution is -0.148. The fraction of sp³-hybridized carbons (Fsp3) is 0.600. The molecule has 1 heterocycles. The predicted molar refractivity (Wildman–Crippen MR) is 95.7 cm³/mol. The number of rotatable bonds is 8. The molecule has 2 unspecified atom stereocenters. The average molecular weight is 361 g/mol. The number of methoxy groups -OCH3 is 1. The first-order valence-corrected chi connectivity index (χ1v) is 8.90. The lowest BCUT2D eigenvalue weighted by Crippen LogP contribution is -2.38. The predicted octanol–water partition coefficient (Wildman–Crippen LogP) is 3.12. The average Bonchev–Trinajstić information content (AvgIpc) is 3.14. The van der Waals surface area contributed by atoms with Crippen molar-refractivity contribution in [1.82, 2.24) is 0 Å². The molecule has 2 rings (SSSR count). The third-order valence-corrected chi connectivity index (χ3v) is 4.93. The normalized spacial score (nSPS) is 18.0. The summed E-state index contributed by atoms with van der Waals surface area (Å²) in [5, 5.41) is 9.74. The highest BCUT2D eigenvalue weighted by atomic mass is 16.7. The zero-order valence-electron chi connectivity index (χ0n) is 15.9. The summed E-state index contributed by atoms with van der Waals surface area (Å²) in [6.07, 6.45) is 0.856. The van der Waals surface area contributed by atoms with Gasteiger partial charge in [0.05, 0.1) is 33.0 Å². The first-order valence-electron chi connectivity index (χ1n) is 8.90. The molecule has 1 aromatic rings. The third-order valence-electron chi connectivity index (χ3n) is 4.93. The standard InChI is InChI=1S/C20H27NO5/c1-5-24-19(22)16(13-21)20(3,9-8-18-25-10-11-26-18)15-6-7-17(23-4)14(2)12-15/h6-7,12,16,18H,5,8-11H2,1-4H3. The lowest BCUT2D eigenvalue weighted by Gasteiger charge is -2.34. The molecule has 1 fully saturated rings. The van der Waals surface area contributed by atoms with E-state index in [4.69, 9.17) is 18.9 Å². The van der Waals surface area contributed by atoms with Gasteiger partial charge in [0.1, 0.15) is 5.75 Å². The maximum atomic E-state index is 12.5. The summed E-state index contributed by atoms with van der Waals surface area (Å²) in [7, 11) is 1.62. The van der Waals surface area contributed by atoms with E-state index >= 15 is 0 Å². The van der Waals surface area contributed by atoms with E-state index in [0.29, 0.717) is 26.1 Å². The third kappa shape index (κ3) is 4.35. The largest absolute Gasteiger partial charge is 0.496 e. The first kappa shape index (κ1) is 20.2. The van der Waals surface area contributed by atoms with Gasteiger partial charge in [-0.2, -0.15) is 5.26 Å². The maximum Gasteiger partial charge on any atom is 0.324 e. The summed E-state index contributed by atoms with van der Waals surface area (Å²) in [5.74, 6) is -0.654. The molecule has 142 valence electrons. The van der Waals surface area contributed by atoms with Gasteiger partial charge in [0.25, 0.3) is 0 Å². The van der Waals surface area contributed by atoms with Crippen molar-refractivity contribution in [2.75, 3.05) is 26.9 Å². The quantitative estimate of drug-likeness (QED) is 0.662. The Kier molecular flexibility index (Phi) is 7.01. The van der Waals surface area contributed by atoms with Crippen molar-refractivity contribution in [3.63, 3.8) is 0 Å². The molecule has 0 spiro atoms. The second-order valence-electron chi connectivity index (χ2n) is 6.63. The van der Waals surface area contributed by atoms with Crippen molar-refractivity contribution >= 4 is 5.97 Å². The number of hydrogen-bond acceptors (Lipinski definition) is 6. The summed E-state index contributed by atoms with van der Waals surface area (Å²) in [4.78, 5) is 12.5. The van der Waals surface area contributed by atoms with E-state index in [1.807, 2.05) is 32.0 Å². The lowest BCUT2D eigenvalue weighted by atomic mass is 9.69. The van der Waals surface area contributed by atoms with Crippen LogP contribution in [0.4, 0.5) is 0 Å². The number of nitrogens with zero attached hydrogens (tertiary/aromatic N) is 1. The molecular weight excluding hydrogens is 334 g/mol. The molecule has 0 bridgehead atoms. The van der Waals surface area contributed by atoms with Gasteiger partial charge in [-0.3, -0.25) is 4.79 Å². The molecule has 6 nitrogen and oxygen atoms in total. The number of benzene rings is 1. The number of ether oxygens (including phenoxy) is 4. The van der Waals surface area contributed by atoms with Crippen LogP contribution in [0, 0.1) is 24.2 Å². The molecule has 0 aromatic heterocycles. The smallest absolute Gasteiger partial charge is 0.324 e. The van der Waals surface area contributed by atoms with Crippen LogP contribution in [0.25, 0.3) is 0 Å². The van der Waals surface area contributed by atoms with E-state index in [1.165, 1.54) is 0 Å². The van der Waals surface area contributed by atoms with Gasteiger partial charge in [0.15, 0.2) is 12.2 Å². The molecule has 1 aromatic carbocycles. The van der Waals surface area contributed by atoms with Crippen LogP contribution < -0.4 is 4.74 Å². The molecule has 6 heteroatoms. The van der Waals surface area contributed by atoms with Crippen molar-refractivity contribution in [2.24, 2.45) is 5.92 Å². The Bertz CT molecular complexity index is 663. The monoisotopic (exact) mass is 361 g/mol. The van der Waals surface area contributed by atoms with Crippen LogP contribution in [0.1, 0.15) is 37.8 Å². The van der Waals surface area contributed by atoms with Crippen LogP contribution in [0.2, 0.25) is 0 Å². The second-order valence-corrected chi connectivity index (χ2v) is 6.63. The minimum absolute atomic E-state index is 0.240. The Hall–Kier alpha value is -2.10. The molecule has 1 saturated heterocycles. The van der Waals surface area contributed by atoms with E-state index in [0.717, 1.165) is 16.9 Å². The van der Waals surface area contributed by atoms with Gasteiger partial charge in [-0.15, -0.1) is 0 Å². The summed E-state index contributed by atoms with van der Waals surface area (Å²) in [6, 6.07) is 7.91. The summed E-state index contributed by atoms with van der Waals surface area (Å²) >= 11 is 0. The molecule has 0 aliphatic carbocycles. The van der Waals surface area contributed by atoms with Crippen LogP contribution >= 0.6 is 0 Å². The highest BCUT2D eigenvalue weighted by Crippen LogP contribution is 2.40. The molecule has 2 atom stereocenters. The van der Waals surface area contributed by atoms with Gasteiger partial charge >= 0.3 is 5.97 Å². The topological polar surface area (TPSA) is 77.8 Å². The SMILES string of the molecule is CCOC(=O)C(C#N)C(C)(CCC1OCCO1)c1ccc(OC)c(C)c1. The fourth-order valence-corrected chi connectivity index (χ4v) is 3.36. The molecule has 0 N–H and O–H groups in total. The number of hydrogen-bond donors (Lipinski definition) is 0. The number of aryl methyl sites for hydroxylation is 1. The Morgan fingerprint density at radius 3 is 2.65 bits per heavy atom. The Labute approximate surface area is 155 Å². The zero-order valence-corrected chi connectivity index (χ0v) is 15.9. The van der Waals surface area contributed by atoms with Gasteiger partial charge in [-0.25, -0.2) is 0 Å². The molecule has 0 saturated carbocycles. The Morgan fingerprint density at radius 1 is 1.42 bits per heavy atom. The van der Waals surface area contributed by atoms with E-state index in [9.17, 15) is 10.1 Å². The van der Waals surface area contributed by atoms with E-state index in [-0.39, 0.29) is 12.9 Å². The van der Waals surface area contributed by atoms with Gasteiger partial charge in [-0.1, -0.05) is 19.1 Å². The maximum absolute atomic E-state index is 12.5. The highest BCUT2D eigenvalue weighted by molar-refractivity contribution is 5.77. The van der Waals surface area contributed by atoms with E-state index < -0.39 is 17.3 Å². The van der Waals surface area contributed by atoms with Crippen molar-refractivity contribution in [2.45, 2.75) is 45.3 Å². The number of carbonyl (C=O) groups is 1. The van der Waals surface area contributed by atoms with Gasteiger partial charge in [0, 0.05) is 5.41 Å². The van der Waals surface area contributed by atoms with Crippen molar-refractivity contribution in [3.8, 4) is 11.8 Å². The second kappa shape index (κ2) is 9.02. The van der Waals surface area contributed by atoms with Crippen molar-refractivity contribution in [1.29, 1.82) is 5.26 Å². The molecular formula is C20H27NO5.